The van der Waals surface area contributed by atoms with Crippen LogP contribution < -0.4 is 5.32 Å². The van der Waals surface area contributed by atoms with Gasteiger partial charge in [-0.15, -0.1) is 6.42 Å². The number of aromatic nitrogens is 4. The molecule has 0 unspecified atom stereocenters. The summed E-state index contributed by atoms with van der Waals surface area (Å²) < 4.78 is 0. The maximum Gasteiger partial charge on any atom is 0.158 e. The zero-order chi connectivity index (χ0) is 19.3. The Morgan fingerprint density at radius 3 is 2.68 bits per heavy atom. The van der Waals surface area contributed by atoms with E-state index < -0.39 is 0 Å². The molecule has 4 rings (SSSR count). The van der Waals surface area contributed by atoms with E-state index in [1.54, 1.807) is 12.5 Å². The molecule has 6 nitrogen and oxygen atoms in total. The second-order valence-corrected chi connectivity index (χ2v) is 7.26. The second-order valence-electron chi connectivity index (χ2n) is 6.82. The Morgan fingerprint density at radius 2 is 2.00 bits per heavy atom. The van der Waals surface area contributed by atoms with Gasteiger partial charge in [-0.1, -0.05) is 29.7 Å². The van der Waals surface area contributed by atoms with Crippen LogP contribution in [-0.2, 0) is 0 Å². The number of benzene rings is 1. The largest absolute Gasteiger partial charge is 0.365 e. The molecule has 1 aromatic carbocycles. The molecule has 0 aliphatic carbocycles. The third kappa shape index (κ3) is 4.01. The Morgan fingerprint density at radius 1 is 1.21 bits per heavy atom. The fourth-order valence-electron chi connectivity index (χ4n) is 3.52. The van der Waals surface area contributed by atoms with E-state index in [2.05, 4.69) is 36.3 Å². The Bertz CT molecular complexity index is 953. The molecule has 28 heavy (non-hydrogen) atoms. The van der Waals surface area contributed by atoms with Crippen LogP contribution in [0.25, 0.3) is 22.5 Å². The van der Waals surface area contributed by atoms with E-state index in [4.69, 9.17) is 18.0 Å². The van der Waals surface area contributed by atoms with Crippen molar-refractivity contribution >= 4 is 17.4 Å². The Hall–Kier alpha value is -2.88. The summed E-state index contributed by atoms with van der Waals surface area (Å²) in [5.41, 5.74) is 3.67. The molecule has 3 aromatic rings. The first kappa shape index (κ1) is 18.5. The van der Waals surface area contributed by atoms with Crippen LogP contribution in [-0.4, -0.2) is 50.7 Å². The van der Waals surface area contributed by atoms with Crippen molar-refractivity contribution in [3.05, 3.63) is 47.9 Å². The third-order valence-corrected chi connectivity index (χ3v) is 5.23. The van der Waals surface area contributed by atoms with Crippen molar-refractivity contribution in [2.45, 2.75) is 18.9 Å². The number of aromatic amines is 1. The number of halogens is 1. The number of piperidine rings is 1. The lowest BCUT2D eigenvalue weighted by atomic mass is 10.0. The summed E-state index contributed by atoms with van der Waals surface area (Å²) >= 11 is 6.05. The molecule has 0 radical (unpaired) electrons. The van der Waals surface area contributed by atoms with Crippen molar-refractivity contribution in [3.8, 4) is 34.9 Å². The number of hydrogen-bond acceptors (Lipinski definition) is 5. The summed E-state index contributed by atoms with van der Waals surface area (Å²) in [4.78, 5) is 10.8. The van der Waals surface area contributed by atoms with E-state index in [0.29, 0.717) is 17.6 Å². The van der Waals surface area contributed by atoms with Gasteiger partial charge in [-0.05, 0) is 31.0 Å². The molecule has 1 aliphatic heterocycles. The van der Waals surface area contributed by atoms with Gasteiger partial charge in [0.2, 0.25) is 0 Å². The lowest BCUT2D eigenvalue weighted by Gasteiger charge is -2.31. The van der Waals surface area contributed by atoms with Gasteiger partial charge in [-0.25, -0.2) is 9.97 Å². The van der Waals surface area contributed by atoms with Gasteiger partial charge in [0.05, 0.1) is 23.5 Å². The highest BCUT2D eigenvalue weighted by molar-refractivity contribution is 6.30. The first-order valence-electron chi connectivity index (χ1n) is 9.27. The van der Waals surface area contributed by atoms with Crippen molar-refractivity contribution in [3.63, 3.8) is 0 Å². The van der Waals surface area contributed by atoms with E-state index in [-0.39, 0.29) is 0 Å². The van der Waals surface area contributed by atoms with Crippen molar-refractivity contribution < 1.29 is 0 Å². The molecular formula is C21H21ClN6. The molecule has 1 aliphatic rings. The average molecular weight is 393 g/mol. The summed E-state index contributed by atoms with van der Waals surface area (Å²) in [7, 11) is 0. The Labute approximate surface area is 169 Å². The van der Waals surface area contributed by atoms with Crippen LogP contribution in [0.5, 0.6) is 0 Å². The number of likely N-dealkylation sites (tertiary alicyclic amines) is 1. The summed E-state index contributed by atoms with van der Waals surface area (Å²) in [5, 5.41) is 12.0. The van der Waals surface area contributed by atoms with Crippen LogP contribution in [0.15, 0.2) is 42.9 Å². The van der Waals surface area contributed by atoms with Crippen LogP contribution in [0.1, 0.15) is 12.8 Å². The highest BCUT2D eigenvalue weighted by Crippen LogP contribution is 2.36. The van der Waals surface area contributed by atoms with Gasteiger partial charge >= 0.3 is 0 Å². The summed E-state index contributed by atoms with van der Waals surface area (Å²) in [6.07, 6.45) is 10.8. The second kappa shape index (κ2) is 8.42. The van der Waals surface area contributed by atoms with Crippen molar-refractivity contribution in [2.24, 2.45) is 0 Å². The third-order valence-electron chi connectivity index (χ3n) is 4.98. The SMILES string of the molecule is C#CCN1CCC(Nc2n[nH]c(-c3ccc(Cl)cc3)c2-c2ccncn2)CC1. The first-order valence-corrected chi connectivity index (χ1v) is 9.65. The van der Waals surface area contributed by atoms with Crippen LogP contribution in [0.3, 0.4) is 0 Å². The van der Waals surface area contributed by atoms with E-state index in [0.717, 1.165) is 54.3 Å². The topological polar surface area (TPSA) is 69.7 Å². The number of nitrogens with zero attached hydrogens (tertiary/aromatic N) is 4. The van der Waals surface area contributed by atoms with Gasteiger partial charge in [0.25, 0.3) is 0 Å². The molecule has 0 atom stereocenters. The quantitative estimate of drug-likeness (QED) is 0.648. The highest BCUT2D eigenvalue weighted by atomic mass is 35.5. The van der Waals surface area contributed by atoms with E-state index in [9.17, 15) is 0 Å². The molecule has 142 valence electrons. The maximum absolute atomic E-state index is 6.05. The molecule has 0 saturated carbocycles. The van der Waals surface area contributed by atoms with Gasteiger partial charge in [0.1, 0.15) is 6.33 Å². The molecule has 2 N–H and O–H groups in total. The predicted octanol–water partition coefficient (Wildman–Crippen LogP) is 3.70. The molecule has 0 amide bonds. The Balaban J connectivity index is 1.63. The molecular weight excluding hydrogens is 372 g/mol. The molecule has 0 spiro atoms. The maximum atomic E-state index is 6.05. The fourth-order valence-corrected chi connectivity index (χ4v) is 3.64. The van der Waals surface area contributed by atoms with Crippen LogP contribution in [0, 0.1) is 12.3 Å². The number of hydrogen-bond donors (Lipinski definition) is 2. The highest BCUT2D eigenvalue weighted by Gasteiger charge is 2.23. The molecule has 2 aromatic heterocycles. The van der Waals surface area contributed by atoms with E-state index in [1.165, 1.54) is 0 Å². The van der Waals surface area contributed by atoms with Gasteiger partial charge in [-0.2, -0.15) is 5.10 Å². The van der Waals surface area contributed by atoms with Gasteiger partial charge in [0.15, 0.2) is 5.82 Å². The van der Waals surface area contributed by atoms with Gasteiger partial charge < -0.3 is 5.32 Å². The van der Waals surface area contributed by atoms with Crippen LogP contribution in [0.2, 0.25) is 5.02 Å². The molecule has 1 saturated heterocycles. The fraction of sp³-hybridized carbons (Fsp3) is 0.286. The van der Waals surface area contributed by atoms with Gasteiger partial charge in [0, 0.05) is 35.9 Å². The van der Waals surface area contributed by atoms with Crippen molar-refractivity contribution in [1.82, 2.24) is 25.1 Å². The van der Waals surface area contributed by atoms with Crippen LogP contribution in [0.4, 0.5) is 5.82 Å². The molecule has 3 heterocycles. The minimum Gasteiger partial charge on any atom is -0.365 e. The standard InChI is InChI=1S/C21H21ClN6/c1-2-11-28-12-8-17(9-13-28)25-21-19(18-7-10-23-14-24-18)20(26-27-21)15-3-5-16(22)6-4-15/h1,3-7,10,14,17H,8-9,11-13H2,(H2,25,26,27). The monoisotopic (exact) mass is 392 g/mol. The molecule has 7 heteroatoms. The first-order chi connectivity index (χ1) is 13.7. The van der Waals surface area contributed by atoms with Crippen molar-refractivity contribution in [2.75, 3.05) is 25.0 Å². The zero-order valence-corrected chi connectivity index (χ0v) is 16.2. The summed E-state index contributed by atoms with van der Waals surface area (Å²) in [5.74, 6) is 3.53. The van der Waals surface area contributed by atoms with E-state index >= 15 is 0 Å². The minimum absolute atomic E-state index is 0.343. The average Bonchev–Trinajstić information content (AvgIpc) is 3.14. The Kier molecular flexibility index (Phi) is 5.56. The zero-order valence-electron chi connectivity index (χ0n) is 15.4. The van der Waals surface area contributed by atoms with Crippen LogP contribution >= 0.6 is 11.6 Å². The van der Waals surface area contributed by atoms with E-state index in [1.807, 2.05) is 30.3 Å². The predicted molar refractivity (Wildman–Crippen MR) is 112 cm³/mol. The smallest absolute Gasteiger partial charge is 0.158 e. The number of anilines is 1. The number of terminal acetylenes is 1. The summed E-state index contributed by atoms with van der Waals surface area (Å²) in [6.45, 7) is 2.68. The lowest BCUT2D eigenvalue weighted by Crippen LogP contribution is -2.39. The molecule has 0 bridgehead atoms. The molecule has 1 fully saturated rings. The summed E-state index contributed by atoms with van der Waals surface area (Å²) in [6, 6.07) is 9.93. The van der Waals surface area contributed by atoms with Gasteiger partial charge in [-0.3, -0.25) is 10.00 Å². The minimum atomic E-state index is 0.343. The normalized spacial score (nSPS) is 15.3. The number of rotatable bonds is 5. The van der Waals surface area contributed by atoms with Crippen molar-refractivity contribution in [1.29, 1.82) is 0 Å². The number of H-pyrrole nitrogens is 1. The number of nitrogens with one attached hydrogen (secondary N) is 2. The lowest BCUT2D eigenvalue weighted by molar-refractivity contribution is 0.243.